The van der Waals surface area contributed by atoms with Crippen molar-refractivity contribution in [1.29, 1.82) is 0 Å². The van der Waals surface area contributed by atoms with Crippen molar-refractivity contribution < 1.29 is 4.39 Å². The topological polar surface area (TPSA) is 12.0 Å². The summed E-state index contributed by atoms with van der Waals surface area (Å²) in [7, 11) is 1.91. The highest BCUT2D eigenvalue weighted by atomic mass is 19.1. The number of hydrogen-bond donors (Lipinski definition) is 1. The first-order chi connectivity index (χ1) is 6.74. The van der Waals surface area contributed by atoms with E-state index in [1.807, 2.05) is 31.3 Å². The number of hydrogen-bond acceptors (Lipinski definition) is 1. The zero-order valence-corrected chi connectivity index (χ0v) is 8.52. The second-order valence-electron chi connectivity index (χ2n) is 4.05. The van der Waals surface area contributed by atoms with Gasteiger partial charge < -0.3 is 5.32 Å². The fraction of sp³-hybridized carbons (Fsp3) is 0.500. The van der Waals surface area contributed by atoms with Crippen LogP contribution in [0.2, 0.25) is 0 Å². The van der Waals surface area contributed by atoms with Crippen LogP contribution < -0.4 is 5.32 Å². The van der Waals surface area contributed by atoms with E-state index in [0.717, 1.165) is 18.5 Å². The molecule has 2 rings (SSSR count). The molecule has 1 saturated carbocycles. The molecule has 76 valence electrons. The first-order valence-corrected chi connectivity index (χ1v) is 5.17. The van der Waals surface area contributed by atoms with Gasteiger partial charge in [-0.15, -0.1) is 0 Å². The molecule has 1 aromatic rings. The van der Waals surface area contributed by atoms with E-state index < -0.39 is 5.67 Å². The molecule has 1 aliphatic carbocycles. The van der Waals surface area contributed by atoms with E-state index >= 15 is 0 Å². The summed E-state index contributed by atoms with van der Waals surface area (Å²) in [5.74, 6) is 0. The summed E-state index contributed by atoms with van der Waals surface area (Å²) in [5, 5.41) is 3.08. The Bertz CT molecular complexity index is 301. The SMILES string of the molecule is CNCc1ccc(C2(F)CCC2)cc1. The molecular formula is C12H16FN. The average Bonchev–Trinajstić information content (AvgIpc) is 2.16. The van der Waals surface area contributed by atoms with Crippen LogP contribution >= 0.6 is 0 Å². The van der Waals surface area contributed by atoms with Crippen LogP contribution in [0.25, 0.3) is 0 Å². The smallest absolute Gasteiger partial charge is 0.136 e. The first-order valence-electron chi connectivity index (χ1n) is 5.17. The Morgan fingerprint density at radius 2 is 1.93 bits per heavy atom. The molecule has 0 unspecified atom stereocenters. The van der Waals surface area contributed by atoms with Gasteiger partial charge in [-0.3, -0.25) is 0 Å². The maximum Gasteiger partial charge on any atom is 0.136 e. The summed E-state index contributed by atoms with van der Waals surface area (Å²) in [6.45, 7) is 0.847. The molecule has 0 radical (unpaired) electrons. The van der Waals surface area contributed by atoms with Crippen LogP contribution in [-0.2, 0) is 12.2 Å². The molecule has 0 heterocycles. The number of nitrogens with one attached hydrogen (secondary N) is 1. The van der Waals surface area contributed by atoms with Crippen molar-refractivity contribution in [3.8, 4) is 0 Å². The van der Waals surface area contributed by atoms with E-state index in [0.29, 0.717) is 12.8 Å². The van der Waals surface area contributed by atoms with Crippen LogP contribution in [0.4, 0.5) is 4.39 Å². The highest BCUT2D eigenvalue weighted by molar-refractivity contribution is 5.28. The number of rotatable bonds is 3. The van der Waals surface area contributed by atoms with Crippen molar-refractivity contribution in [2.75, 3.05) is 7.05 Å². The van der Waals surface area contributed by atoms with E-state index in [4.69, 9.17) is 0 Å². The molecule has 0 aromatic heterocycles. The molecule has 14 heavy (non-hydrogen) atoms. The van der Waals surface area contributed by atoms with Gasteiger partial charge in [0.1, 0.15) is 5.67 Å². The summed E-state index contributed by atoms with van der Waals surface area (Å²) in [6, 6.07) is 7.86. The molecule has 0 amide bonds. The van der Waals surface area contributed by atoms with E-state index in [9.17, 15) is 4.39 Å². The zero-order valence-electron chi connectivity index (χ0n) is 8.52. The van der Waals surface area contributed by atoms with Crippen molar-refractivity contribution in [3.05, 3.63) is 35.4 Å². The van der Waals surface area contributed by atoms with Crippen LogP contribution in [-0.4, -0.2) is 7.05 Å². The highest BCUT2D eigenvalue weighted by Gasteiger charge is 2.38. The van der Waals surface area contributed by atoms with Crippen molar-refractivity contribution >= 4 is 0 Å². The monoisotopic (exact) mass is 193 g/mol. The van der Waals surface area contributed by atoms with Crippen LogP contribution in [0.15, 0.2) is 24.3 Å². The zero-order chi connectivity index (χ0) is 10.0. The minimum Gasteiger partial charge on any atom is -0.316 e. The molecule has 0 bridgehead atoms. The van der Waals surface area contributed by atoms with Gasteiger partial charge in [-0.2, -0.15) is 0 Å². The summed E-state index contributed by atoms with van der Waals surface area (Å²) in [4.78, 5) is 0. The standard InChI is InChI=1S/C12H16FN/c1-14-9-10-3-5-11(6-4-10)12(13)7-2-8-12/h3-6,14H,2,7-9H2,1H3. The summed E-state index contributed by atoms with van der Waals surface area (Å²) >= 11 is 0. The third-order valence-electron chi connectivity index (χ3n) is 3.00. The molecule has 0 aliphatic heterocycles. The first kappa shape index (κ1) is 9.66. The highest BCUT2D eigenvalue weighted by Crippen LogP contribution is 2.44. The number of halogens is 1. The quantitative estimate of drug-likeness (QED) is 0.778. The average molecular weight is 193 g/mol. The van der Waals surface area contributed by atoms with E-state index in [1.54, 1.807) is 0 Å². The van der Waals surface area contributed by atoms with Crippen LogP contribution in [0.3, 0.4) is 0 Å². The third-order valence-corrected chi connectivity index (χ3v) is 3.00. The molecular weight excluding hydrogens is 177 g/mol. The van der Waals surface area contributed by atoms with Gasteiger partial charge in [-0.25, -0.2) is 4.39 Å². The third kappa shape index (κ3) is 1.67. The molecule has 1 aromatic carbocycles. The Hall–Kier alpha value is -0.890. The van der Waals surface area contributed by atoms with E-state index in [1.165, 1.54) is 5.56 Å². The summed E-state index contributed by atoms with van der Waals surface area (Å²) < 4.78 is 13.9. The van der Waals surface area contributed by atoms with Crippen molar-refractivity contribution in [3.63, 3.8) is 0 Å². The van der Waals surface area contributed by atoms with E-state index in [2.05, 4.69) is 5.32 Å². The van der Waals surface area contributed by atoms with Crippen LogP contribution in [0.5, 0.6) is 0 Å². The Morgan fingerprint density at radius 3 is 2.36 bits per heavy atom. The Balaban J connectivity index is 2.13. The minimum absolute atomic E-state index is 0.693. The van der Waals surface area contributed by atoms with Crippen molar-refractivity contribution in [1.82, 2.24) is 5.32 Å². The van der Waals surface area contributed by atoms with Crippen molar-refractivity contribution in [2.45, 2.75) is 31.5 Å². The normalized spacial score (nSPS) is 19.0. The predicted molar refractivity (Wildman–Crippen MR) is 55.8 cm³/mol. The molecule has 1 aliphatic rings. The molecule has 2 heteroatoms. The molecule has 1 nitrogen and oxygen atoms in total. The predicted octanol–water partition coefficient (Wildman–Crippen LogP) is 2.75. The van der Waals surface area contributed by atoms with Crippen LogP contribution in [0, 0.1) is 0 Å². The van der Waals surface area contributed by atoms with Gasteiger partial charge in [0.15, 0.2) is 0 Å². The second-order valence-corrected chi connectivity index (χ2v) is 4.05. The Kier molecular flexibility index (Phi) is 2.55. The second kappa shape index (κ2) is 3.70. The Labute approximate surface area is 84.3 Å². The van der Waals surface area contributed by atoms with Gasteiger partial charge in [0, 0.05) is 6.54 Å². The molecule has 1 N–H and O–H groups in total. The fourth-order valence-corrected chi connectivity index (χ4v) is 1.90. The molecule has 0 atom stereocenters. The summed E-state index contributed by atoms with van der Waals surface area (Å²) in [5.41, 5.74) is 1.04. The minimum atomic E-state index is -1.02. The molecule has 0 spiro atoms. The van der Waals surface area contributed by atoms with Gasteiger partial charge >= 0.3 is 0 Å². The van der Waals surface area contributed by atoms with Crippen LogP contribution in [0.1, 0.15) is 30.4 Å². The largest absolute Gasteiger partial charge is 0.316 e. The fourth-order valence-electron chi connectivity index (χ4n) is 1.90. The number of alkyl halides is 1. The lowest BCUT2D eigenvalue weighted by atomic mass is 9.77. The maximum absolute atomic E-state index is 13.9. The lowest BCUT2D eigenvalue weighted by Gasteiger charge is -2.34. The lowest BCUT2D eigenvalue weighted by Crippen LogP contribution is -2.28. The van der Waals surface area contributed by atoms with Crippen molar-refractivity contribution in [2.24, 2.45) is 0 Å². The van der Waals surface area contributed by atoms with Gasteiger partial charge in [0.2, 0.25) is 0 Å². The number of benzene rings is 1. The van der Waals surface area contributed by atoms with Gasteiger partial charge in [-0.1, -0.05) is 24.3 Å². The lowest BCUT2D eigenvalue weighted by molar-refractivity contribution is 0.0609. The van der Waals surface area contributed by atoms with E-state index in [-0.39, 0.29) is 0 Å². The van der Waals surface area contributed by atoms with Gasteiger partial charge in [0.25, 0.3) is 0 Å². The maximum atomic E-state index is 13.9. The molecule has 1 fully saturated rings. The van der Waals surface area contributed by atoms with Gasteiger partial charge in [0.05, 0.1) is 0 Å². The Morgan fingerprint density at radius 1 is 1.29 bits per heavy atom. The van der Waals surface area contributed by atoms with Gasteiger partial charge in [-0.05, 0) is 37.4 Å². The molecule has 0 saturated heterocycles. The summed E-state index contributed by atoms with van der Waals surface area (Å²) in [6.07, 6.45) is 2.41.